The Morgan fingerprint density at radius 3 is 2.67 bits per heavy atom. The Bertz CT molecular complexity index is 202. The largest absolute Gasteiger partial charge is 0.466 e. The van der Waals surface area contributed by atoms with Gasteiger partial charge in [0.15, 0.2) is 0 Å². The molecule has 2 rings (SSSR count). The quantitative estimate of drug-likeness (QED) is 0.460. The highest BCUT2D eigenvalue weighted by Gasteiger charge is 2.57. The average Bonchev–Trinajstić information content (AvgIpc) is 2.61. The van der Waals surface area contributed by atoms with Crippen LogP contribution in [0.1, 0.15) is 26.7 Å². The van der Waals surface area contributed by atoms with Crippen LogP contribution in [-0.2, 0) is 14.3 Å². The molecule has 0 amide bonds. The minimum atomic E-state index is -0.260. The molecule has 3 heteroatoms. The molecular weight excluding hydrogens is 156 g/mol. The van der Waals surface area contributed by atoms with Crippen LogP contribution in [0, 0.1) is 5.41 Å². The number of carbonyl (C=O) groups excluding carboxylic acids is 1. The molecule has 0 bridgehead atoms. The van der Waals surface area contributed by atoms with Crippen molar-refractivity contribution in [3.05, 3.63) is 0 Å². The first-order valence-electron chi connectivity index (χ1n) is 4.48. The second-order valence-corrected chi connectivity index (χ2v) is 3.90. The molecule has 2 aliphatic rings. The van der Waals surface area contributed by atoms with E-state index in [-0.39, 0.29) is 11.4 Å². The standard InChI is InChI=1S/C9H14O3/c1-3-11-8(10)9(2)4-6-7(5-9)12-6/h6-7H,3-5H2,1-2H3/t6-,7+,9-. The molecule has 0 aromatic rings. The SMILES string of the molecule is CCOC(=O)[C@@]1(C)C[C@@H]2O[C@@H]2C1. The zero-order valence-electron chi connectivity index (χ0n) is 7.50. The third kappa shape index (κ3) is 1.12. The lowest BCUT2D eigenvalue weighted by Gasteiger charge is -2.22. The van der Waals surface area contributed by atoms with Crippen LogP contribution in [0.5, 0.6) is 0 Å². The number of esters is 1. The van der Waals surface area contributed by atoms with Gasteiger partial charge in [-0.3, -0.25) is 4.79 Å². The van der Waals surface area contributed by atoms with Crippen LogP contribution in [0.25, 0.3) is 0 Å². The van der Waals surface area contributed by atoms with E-state index in [1.54, 1.807) is 0 Å². The highest BCUT2D eigenvalue weighted by Crippen LogP contribution is 2.50. The topological polar surface area (TPSA) is 38.8 Å². The van der Waals surface area contributed by atoms with Gasteiger partial charge in [-0.1, -0.05) is 0 Å². The van der Waals surface area contributed by atoms with Crippen molar-refractivity contribution < 1.29 is 14.3 Å². The van der Waals surface area contributed by atoms with Gasteiger partial charge in [-0.05, 0) is 26.7 Å². The Kier molecular flexibility index (Phi) is 1.65. The predicted octanol–water partition coefficient (Wildman–Crippen LogP) is 1.12. The van der Waals surface area contributed by atoms with E-state index in [9.17, 15) is 4.79 Å². The molecule has 12 heavy (non-hydrogen) atoms. The minimum absolute atomic E-state index is 0.0548. The molecule has 0 N–H and O–H groups in total. The van der Waals surface area contributed by atoms with Crippen molar-refractivity contribution in [1.29, 1.82) is 0 Å². The Hall–Kier alpha value is -0.570. The normalized spacial score (nSPS) is 43.8. The number of rotatable bonds is 2. The number of hydrogen-bond acceptors (Lipinski definition) is 3. The van der Waals surface area contributed by atoms with Crippen molar-refractivity contribution >= 4 is 5.97 Å². The molecule has 0 spiro atoms. The predicted molar refractivity (Wildman–Crippen MR) is 42.6 cm³/mol. The molecule has 1 saturated heterocycles. The van der Waals surface area contributed by atoms with Gasteiger partial charge in [0.05, 0.1) is 24.2 Å². The molecular formula is C9H14O3. The third-order valence-electron chi connectivity index (χ3n) is 2.76. The van der Waals surface area contributed by atoms with Crippen LogP contribution in [-0.4, -0.2) is 24.8 Å². The summed E-state index contributed by atoms with van der Waals surface area (Å²) in [6.45, 7) is 4.29. The molecule has 0 radical (unpaired) electrons. The third-order valence-corrected chi connectivity index (χ3v) is 2.76. The lowest BCUT2D eigenvalue weighted by Crippen LogP contribution is -2.29. The fraction of sp³-hybridized carbons (Fsp3) is 0.889. The summed E-state index contributed by atoms with van der Waals surface area (Å²) in [5.41, 5.74) is -0.260. The van der Waals surface area contributed by atoms with Crippen LogP contribution in [0.15, 0.2) is 0 Å². The Balaban J connectivity index is 1.97. The van der Waals surface area contributed by atoms with E-state index in [1.165, 1.54) is 0 Å². The molecule has 3 atom stereocenters. The number of hydrogen-bond donors (Lipinski definition) is 0. The first kappa shape index (κ1) is 8.05. The molecule has 1 saturated carbocycles. The van der Waals surface area contributed by atoms with Gasteiger partial charge in [0.25, 0.3) is 0 Å². The van der Waals surface area contributed by atoms with Gasteiger partial charge >= 0.3 is 5.97 Å². The van der Waals surface area contributed by atoms with Crippen LogP contribution >= 0.6 is 0 Å². The van der Waals surface area contributed by atoms with Crippen molar-refractivity contribution in [2.75, 3.05) is 6.61 Å². The van der Waals surface area contributed by atoms with E-state index in [0.29, 0.717) is 18.8 Å². The zero-order valence-corrected chi connectivity index (χ0v) is 7.50. The van der Waals surface area contributed by atoms with E-state index in [4.69, 9.17) is 9.47 Å². The van der Waals surface area contributed by atoms with Crippen LogP contribution in [0.4, 0.5) is 0 Å². The summed E-state index contributed by atoms with van der Waals surface area (Å²) in [4.78, 5) is 11.5. The molecule has 2 fully saturated rings. The highest BCUT2D eigenvalue weighted by molar-refractivity contribution is 5.77. The maximum atomic E-state index is 11.5. The van der Waals surface area contributed by atoms with Gasteiger partial charge in [0, 0.05) is 0 Å². The molecule has 0 aromatic heterocycles. The summed E-state index contributed by atoms with van der Waals surface area (Å²) < 4.78 is 10.3. The first-order valence-corrected chi connectivity index (χ1v) is 4.48. The summed E-state index contributed by atoms with van der Waals surface area (Å²) in [6.07, 6.45) is 2.38. The zero-order chi connectivity index (χ0) is 8.77. The molecule has 1 heterocycles. The molecule has 68 valence electrons. The average molecular weight is 170 g/mol. The monoisotopic (exact) mass is 170 g/mol. The van der Waals surface area contributed by atoms with Crippen molar-refractivity contribution in [3.63, 3.8) is 0 Å². The summed E-state index contributed by atoms with van der Waals surface area (Å²) in [5.74, 6) is -0.0548. The van der Waals surface area contributed by atoms with Crippen LogP contribution in [0.3, 0.4) is 0 Å². The van der Waals surface area contributed by atoms with Crippen molar-refractivity contribution in [2.24, 2.45) is 5.41 Å². The summed E-state index contributed by atoms with van der Waals surface area (Å²) in [6, 6.07) is 0. The highest BCUT2D eigenvalue weighted by atomic mass is 16.6. The van der Waals surface area contributed by atoms with Gasteiger partial charge in [0.1, 0.15) is 0 Å². The van der Waals surface area contributed by atoms with E-state index in [1.807, 2.05) is 13.8 Å². The molecule has 0 unspecified atom stereocenters. The lowest BCUT2D eigenvalue weighted by molar-refractivity contribution is -0.155. The summed E-state index contributed by atoms with van der Waals surface area (Å²) in [7, 11) is 0. The van der Waals surface area contributed by atoms with Gasteiger partial charge in [-0.25, -0.2) is 0 Å². The fourth-order valence-corrected chi connectivity index (χ4v) is 1.98. The molecule has 3 nitrogen and oxygen atoms in total. The second-order valence-electron chi connectivity index (χ2n) is 3.90. The van der Waals surface area contributed by atoms with Crippen LogP contribution in [0.2, 0.25) is 0 Å². The Morgan fingerprint density at radius 1 is 1.58 bits per heavy atom. The van der Waals surface area contributed by atoms with E-state index in [2.05, 4.69) is 0 Å². The molecule has 0 aromatic carbocycles. The fourth-order valence-electron chi connectivity index (χ4n) is 1.98. The van der Waals surface area contributed by atoms with Gasteiger partial charge in [-0.2, -0.15) is 0 Å². The van der Waals surface area contributed by atoms with Gasteiger partial charge in [-0.15, -0.1) is 0 Å². The van der Waals surface area contributed by atoms with Crippen molar-refractivity contribution in [1.82, 2.24) is 0 Å². The summed E-state index contributed by atoms with van der Waals surface area (Å²) in [5, 5.41) is 0. The first-order chi connectivity index (χ1) is 5.65. The van der Waals surface area contributed by atoms with Gasteiger partial charge in [0.2, 0.25) is 0 Å². The van der Waals surface area contributed by atoms with Crippen molar-refractivity contribution in [2.45, 2.75) is 38.9 Å². The van der Waals surface area contributed by atoms with E-state index in [0.717, 1.165) is 12.8 Å². The van der Waals surface area contributed by atoms with E-state index >= 15 is 0 Å². The molecule has 1 aliphatic heterocycles. The van der Waals surface area contributed by atoms with Crippen molar-refractivity contribution in [3.8, 4) is 0 Å². The number of ether oxygens (including phenoxy) is 2. The minimum Gasteiger partial charge on any atom is -0.466 e. The second kappa shape index (κ2) is 2.46. The summed E-state index contributed by atoms with van der Waals surface area (Å²) >= 11 is 0. The lowest BCUT2D eigenvalue weighted by atomic mass is 9.88. The number of fused-ring (bicyclic) bond motifs is 1. The van der Waals surface area contributed by atoms with Gasteiger partial charge < -0.3 is 9.47 Å². The Labute approximate surface area is 72.0 Å². The maximum absolute atomic E-state index is 11.5. The maximum Gasteiger partial charge on any atom is 0.311 e. The molecule has 1 aliphatic carbocycles. The number of epoxide rings is 1. The number of carbonyl (C=O) groups is 1. The smallest absolute Gasteiger partial charge is 0.311 e. The van der Waals surface area contributed by atoms with Crippen LogP contribution < -0.4 is 0 Å². The van der Waals surface area contributed by atoms with E-state index < -0.39 is 0 Å². The Morgan fingerprint density at radius 2 is 2.17 bits per heavy atom.